The second-order valence-corrected chi connectivity index (χ2v) is 8.39. The Balaban J connectivity index is 3.38. The minimum Gasteiger partial charge on any atom is -0.465 e. The van der Waals surface area contributed by atoms with Gasteiger partial charge in [0.15, 0.2) is 0 Å². The van der Waals surface area contributed by atoms with E-state index in [1.54, 1.807) is 21.6 Å². The van der Waals surface area contributed by atoms with Gasteiger partial charge in [-0.05, 0) is 27.6 Å². The van der Waals surface area contributed by atoms with Crippen LogP contribution in [0, 0.1) is 0 Å². The van der Waals surface area contributed by atoms with Gasteiger partial charge in [-0.15, -0.1) is 0 Å². The lowest BCUT2D eigenvalue weighted by Gasteiger charge is -2.18. The third-order valence-electron chi connectivity index (χ3n) is 3.02. The van der Waals surface area contributed by atoms with Crippen molar-refractivity contribution in [2.24, 2.45) is 0 Å². The predicted molar refractivity (Wildman–Crippen MR) is 102 cm³/mol. The molecule has 0 aliphatic rings. The maximum atomic E-state index is 11.6. The summed E-state index contributed by atoms with van der Waals surface area (Å²) >= 11 is 0. The van der Waals surface area contributed by atoms with E-state index in [2.05, 4.69) is 9.80 Å². The Labute approximate surface area is 154 Å². The molecule has 0 rings (SSSR count). The second-order valence-electron chi connectivity index (χ2n) is 5.69. The Hall–Kier alpha value is -0.440. The Kier molecular flexibility index (Phi) is 15.8. The van der Waals surface area contributed by atoms with Crippen LogP contribution in [0.25, 0.3) is 0 Å². The van der Waals surface area contributed by atoms with E-state index >= 15 is 0 Å². The van der Waals surface area contributed by atoms with Gasteiger partial charge < -0.3 is 19.3 Å². The van der Waals surface area contributed by atoms with E-state index in [0.29, 0.717) is 26.1 Å². The van der Waals surface area contributed by atoms with Crippen molar-refractivity contribution in [2.45, 2.75) is 26.2 Å². The third-order valence-corrected chi connectivity index (χ3v) is 5.36. The highest BCUT2D eigenvalue weighted by molar-refractivity contribution is 8.76. The first-order chi connectivity index (χ1) is 11.5. The smallest absolute Gasteiger partial charge is 0.307 e. The van der Waals surface area contributed by atoms with Crippen molar-refractivity contribution < 1.29 is 19.1 Å². The zero-order chi connectivity index (χ0) is 18.2. The minimum atomic E-state index is -0.147. The fourth-order valence-electron chi connectivity index (χ4n) is 1.61. The monoisotopic (exact) mass is 380 g/mol. The molecule has 0 heterocycles. The topological polar surface area (TPSA) is 59.1 Å². The van der Waals surface area contributed by atoms with Crippen molar-refractivity contribution in [3.8, 4) is 0 Å². The Morgan fingerprint density at radius 3 is 1.88 bits per heavy atom. The van der Waals surface area contributed by atoms with Gasteiger partial charge in [-0.3, -0.25) is 9.59 Å². The van der Waals surface area contributed by atoms with Crippen molar-refractivity contribution in [1.82, 2.24) is 9.80 Å². The number of likely N-dealkylation sites (N-methyl/N-ethyl adjacent to an activating group) is 2. The molecule has 0 atom stereocenters. The fourth-order valence-corrected chi connectivity index (χ4v) is 3.26. The molecule has 0 amide bonds. The average molecular weight is 381 g/mol. The lowest BCUT2D eigenvalue weighted by atomic mass is 10.3. The Morgan fingerprint density at radius 2 is 1.38 bits per heavy atom. The molecule has 24 heavy (non-hydrogen) atoms. The highest BCUT2D eigenvalue weighted by Crippen LogP contribution is 2.20. The van der Waals surface area contributed by atoms with E-state index in [0.717, 1.165) is 37.6 Å². The minimum absolute atomic E-state index is 0.132. The van der Waals surface area contributed by atoms with Crippen LogP contribution in [0.1, 0.15) is 26.2 Å². The van der Waals surface area contributed by atoms with Gasteiger partial charge >= 0.3 is 11.9 Å². The number of rotatable bonds is 15. The maximum Gasteiger partial charge on any atom is 0.307 e. The SMILES string of the molecule is CCCC(=O)OCCSSCCOC(=O)CCN(C)CCN(C)C. The van der Waals surface area contributed by atoms with Crippen LogP contribution >= 0.6 is 21.6 Å². The maximum absolute atomic E-state index is 11.6. The predicted octanol–water partition coefficient (Wildman–Crippen LogP) is 2.14. The van der Waals surface area contributed by atoms with Crippen LogP contribution in [-0.4, -0.2) is 87.2 Å². The first-order valence-electron chi connectivity index (χ1n) is 8.34. The summed E-state index contributed by atoms with van der Waals surface area (Å²) in [5.41, 5.74) is 0. The lowest BCUT2D eigenvalue weighted by molar-refractivity contribution is -0.144. The number of hydrogen-bond acceptors (Lipinski definition) is 8. The van der Waals surface area contributed by atoms with E-state index in [-0.39, 0.29) is 11.9 Å². The molecule has 0 aliphatic carbocycles. The van der Waals surface area contributed by atoms with Gasteiger partial charge in [0.2, 0.25) is 0 Å². The quantitative estimate of drug-likeness (QED) is 0.243. The molecule has 0 N–H and O–H groups in total. The van der Waals surface area contributed by atoms with Crippen LogP contribution in [0.15, 0.2) is 0 Å². The molecule has 0 aromatic carbocycles. The third kappa shape index (κ3) is 16.4. The van der Waals surface area contributed by atoms with Gasteiger partial charge in [0.1, 0.15) is 13.2 Å². The number of hydrogen-bond donors (Lipinski definition) is 0. The number of carbonyl (C=O) groups excluding carboxylic acids is 2. The zero-order valence-corrected chi connectivity index (χ0v) is 17.0. The van der Waals surface area contributed by atoms with Crippen LogP contribution in [0.4, 0.5) is 0 Å². The van der Waals surface area contributed by atoms with Gasteiger partial charge in [-0.1, -0.05) is 28.5 Å². The van der Waals surface area contributed by atoms with E-state index < -0.39 is 0 Å². The van der Waals surface area contributed by atoms with Crippen LogP contribution < -0.4 is 0 Å². The molecule has 0 aromatic rings. The van der Waals surface area contributed by atoms with Gasteiger partial charge in [-0.2, -0.15) is 0 Å². The van der Waals surface area contributed by atoms with Crippen LogP contribution in [0.5, 0.6) is 0 Å². The first kappa shape index (κ1) is 23.6. The molecule has 6 nitrogen and oxygen atoms in total. The number of ether oxygens (including phenoxy) is 2. The van der Waals surface area contributed by atoms with Crippen molar-refractivity contribution in [2.75, 3.05) is 65.5 Å². The molecular weight excluding hydrogens is 348 g/mol. The van der Waals surface area contributed by atoms with Crippen molar-refractivity contribution in [3.05, 3.63) is 0 Å². The Bertz CT molecular complexity index is 344. The summed E-state index contributed by atoms with van der Waals surface area (Å²) in [4.78, 5) is 27.0. The number of carbonyl (C=O) groups is 2. The summed E-state index contributed by atoms with van der Waals surface area (Å²) < 4.78 is 10.2. The number of esters is 2. The fraction of sp³-hybridized carbons (Fsp3) is 0.875. The normalized spacial score (nSPS) is 11.1. The molecule has 142 valence electrons. The molecule has 8 heteroatoms. The molecule has 0 radical (unpaired) electrons. The standard InChI is InChI=1S/C16H32N2O4S2/c1-5-6-15(19)21-11-13-23-24-14-12-22-16(20)7-8-18(4)10-9-17(2)3/h5-14H2,1-4H3. The second kappa shape index (κ2) is 16.1. The summed E-state index contributed by atoms with van der Waals surface area (Å²) in [6.45, 7) is 5.46. The average Bonchev–Trinajstić information content (AvgIpc) is 2.53. The van der Waals surface area contributed by atoms with Gasteiger partial charge in [0.25, 0.3) is 0 Å². The molecular formula is C16H32N2O4S2. The zero-order valence-electron chi connectivity index (χ0n) is 15.4. The van der Waals surface area contributed by atoms with Gasteiger partial charge in [0, 0.05) is 37.6 Å². The van der Waals surface area contributed by atoms with Crippen LogP contribution in [0.3, 0.4) is 0 Å². The van der Waals surface area contributed by atoms with E-state index in [4.69, 9.17) is 9.47 Å². The summed E-state index contributed by atoms with van der Waals surface area (Å²) in [5, 5.41) is 0. The van der Waals surface area contributed by atoms with Gasteiger partial charge in [0.05, 0.1) is 6.42 Å². The highest BCUT2D eigenvalue weighted by atomic mass is 33.1. The van der Waals surface area contributed by atoms with Crippen molar-refractivity contribution in [1.29, 1.82) is 0 Å². The lowest BCUT2D eigenvalue weighted by Crippen LogP contribution is -2.30. The van der Waals surface area contributed by atoms with E-state index in [9.17, 15) is 9.59 Å². The molecule has 0 saturated carbocycles. The van der Waals surface area contributed by atoms with E-state index in [1.807, 2.05) is 28.1 Å². The van der Waals surface area contributed by atoms with Crippen molar-refractivity contribution in [3.63, 3.8) is 0 Å². The molecule has 0 aliphatic heterocycles. The molecule has 0 spiro atoms. The van der Waals surface area contributed by atoms with Crippen molar-refractivity contribution >= 4 is 33.5 Å². The molecule has 0 bridgehead atoms. The summed E-state index contributed by atoms with van der Waals surface area (Å²) in [6, 6.07) is 0. The summed E-state index contributed by atoms with van der Waals surface area (Å²) in [6.07, 6.45) is 1.73. The van der Waals surface area contributed by atoms with Crippen LogP contribution in [0.2, 0.25) is 0 Å². The first-order valence-corrected chi connectivity index (χ1v) is 10.8. The molecule has 0 fully saturated rings. The van der Waals surface area contributed by atoms with Crippen LogP contribution in [-0.2, 0) is 19.1 Å². The Morgan fingerprint density at radius 1 is 0.833 bits per heavy atom. The summed E-state index contributed by atoms with van der Waals surface area (Å²) in [7, 11) is 9.34. The van der Waals surface area contributed by atoms with Gasteiger partial charge in [-0.25, -0.2) is 0 Å². The highest BCUT2D eigenvalue weighted by Gasteiger charge is 2.06. The number of nitrogens with zero attached hydrogens (tertiary/aromatic N) is 2. The molecule has 0 aromatic heterocycles. The largest absolute Gasteiger partial charge is 0.465 e. The molecule has 0 unspecified atom stereocenters. The summed E-state index contributed by atoms with van der Waals surface area (Å²) in [5.74, 6) is 1.22. The molecule has 0 saturated heterocycles. The van der Waals surface area contributed by atoms with E-state index in [1.165, 1.54) is 0 Å².